The second kappa shape index (κ2) is 6.23. The smallest absolute Gasteiger partial charge is 0.326 e. The van der Waals surface area contributed by atoms with Crippen molar-refractivity contribution in [2.24, 2.45) is 0 Å². The molecule has 0 aromatic carbocycles. The Balaban J connectivity index is 1.80. The van der Waals surface area contributed by atoms with Gasteiger partial charge in [-0.15, -0.1) is 0 Å². The third-order valence-corrected chi connectivity index (χ3v) is 3.90. The Labute approximate surface area is 113 Å². The molecule has 1 unspecified atom stereocenters. The molecule has 6 nitrogen and oxygen atoms in total. The van der Waals surface area contributed by atoms with Gasteiger partial charge in [0.2, 0.25) is 0 Å². The Morgan fingerprint density at radius 3 is 2.58 bits per heavy atom. The van der Waals surface area contributed by atoms with Crippen molar-refractivity contribution in [1.82, 2.24) is 15.1 Å². The van der Waals surface area contributed by atoms with Crippen LogP contribution >= 0.6 is 0 Å². The van der Waals surface area contributed by atoms with Crippen LogP contribution in [0.15, 0.2) is 0 Å². The van der Waals surface area contributed by atoms with Crippen molar-refractivity contribution in [1.29, 1.82) is 0 Å². The number of carbonyl (C=O) groups excluding carboxylic acids is 1. The normalized spacial score (nSPS) is 25.5. The largest absolute Gasteiger partial charge is 0.480 e. The van der Waals surface area contributed by atoms with Crippen LogP contribution in [0.4, 0.5) is 4.79 Å². The van der Waals surface area contributed by atoms with Gasteiger partial charge in [0.15, 0.2) is 0 Å². The second-order valence-electron chi connectivity index (χ2n) is 5.55. The van der Waals surface area contributed by atoms with Crippen molar-refractivity contribution in [2.45, 2.75) is 44.7 Å². The van der Waals surface area contributed by atoms with E-state index in [4.69, 9.17) is 5.11 Å². The Morgan fingerprint density at radius 1 is 1.26 bits per heavy atom. The molecule has 2 rings (SSSR count). The van der Waals surface area contributed by atoms with Crippen molar-refractivity contribution in [2.75, 3.05) is 26.2 Å². The Hall–Kier alpha value is -1.30. The summed E-state index contributed by atoms with van der Waals surface area (Å²) >= 11 is 0. The number of amides is 2. The lowest BCUT2D eigenvalue weighted by atomic mass is 10.2. The molecule has 2 heterocycles. The number of carboxylic acids is 1. The highest BCUT2D eigenvalue weighted by molar-refractivity contribution is 5.83. The zero-order chi connectivity index (χ0) is 13.8. The minimum atomic E-state index is -0.903. The molecule has 2 fully saturated rings. The summed E-state index contributed by atoms with van der Waals surface area (Å²) in [6.07, 6.45) is 3.79. The van der Waals surface area contributed by atoms with Gasteiger partial charge in [-0.2, -0.15) is 0 Å². The number of nitrogens with one attached hydrogen (secondary N) is 1. The highest BCUT2D eigenvalue weighted by atomic mass is 16.4. The number of urea groups is 1. The van der Waals surface area contributed by atoms with Crippen molar-refractivity contribution in [3.05, 3.63) is 0 Å². The number of rotatable bonds is 4. The SMILES string of the molecule is CC(CN1CCCC1)NC(=O)N1CCC[C@H]1C(=O)O. The number of hydrogen-bond acceptors (Lipinski definition) is 3. The summed E-state index contributed by atoms with van der Waals surface area (Å²) in [5.74, 6) is -0.903. The number of likely N-dealkylation sites (tertiary alicyclic amines) is 2. The molecule has 0 aromatic heterocycles. The van der Waals surface area contributed by atoms with Gasteiger partial charge in [-0.3, -0.25) is 0 Å². The number of hydrogen-bond donors (Lipinski definition) is 2. The summed E-state index contributed by atoms with van der Waals surface area (Å²) in [4.78, 5) is 26.9. The molecule has 0 bridgehead atoms. The second-order valence-corrected chi connectivity index (χ2v) is 5.55. The minimum absolute atomic E-state index is 0.0562. The van der Waals surface area contributed by atoms with Crippen LogP contribution in [0.5, 0.6) is 0 Å². The van der Waals surface area contributed by atoms with E-state index in [9.17, 15) is 9.59 Å². The lowest BCUT2D eigenvalue weighted by Crippen LogP contribution is -2.50. The third kappa shape index (κ3) is 3.59. The summed E-state index contributed by atoms with van der Waals surface area (Å²) in [7, 11) is 0. The Kier molecular flexibility index (Phi) is 4.63. The van der Waals surface area contributed by atoms with Crippen LogP contribution in [0.25, 0.3) is 0 Å². The average molecular weight is 269 g/mol. The van der Waals surface area contributed by atoms with Crippen molar-refractivity contribution in [3.63, 3.8) is 0 Å². The molecule has 2 aliphatic rings. The van der Waals surface area contributed by atoms with Gasteiger partial charge in [0, 0.05) is 19.1 Å². The van der Waals surface area contributed by atoms with Crippen LogP contribution in [0, 0.1) is 0 Å². The van der Waals surface area contributed by atoms with Crippen LogP contribution < -0.4 is 5.32 Å². The molecule has 2 atom stereocenters. The summed E-state index contributed by atoms with van der Waals surface area (Å²) in [5, 5.41) is 12.0. The first-order valence-corrected chi connectivity index (χ1v) is 7.10. The molecular formula is C13H23N3O3. The van der Waals surface area contributed by atoms with E-state index >= 15 is 0 Å². The van der Waals surface area contributed by atoms with Crippen LogP contribution in [-0.4, -0.2) is 65.2 Å². The van der Waals surface area contributed by atoms with Crippen molar-refractivity contribution >= 4 is 12.0 Å². The molecule has 0 spiro atoms. The van der Waals surface area contributed by atoms with Crippen LogP contribution in [-0.2, 0) is 4.79 Å². The van der Waals surface area contributed by atoms with Gasteiger partial charge in [-0.25, -0.2) is 9.59 Å². The van der Waals surface area contributed by atoms with E-state index in [1.165, 1.54) is 17.7 Å². The van der Waals surface area contributed by atoms with Crippen molar-refractivity contribution < 1.29 is 14.7 Å². The van der Waals surface area contributed by atoms with E-state index in [2.05, 4.69) is 10.2 Å². The molecule has 0 saturated carbocycles. The molecule has 0 radical (unpaired) electrons. The maximum atomic E-state index is 12.1. The zero-order valence-electron chi connectivity index (χ0n) is 11.5. The average Bonchev–Trinajstić information content (AvgIpc) is 2.97. The van der Waals surface area contributed by atoms with Gasteiger partial charge in [-0.1, -0.05) is 0 Å². The molecule has 0 aliphatic carbocycles. The monoisotopic (exact) mass is 269 g/mol. The quantitative estimate of drug-likeness (QED) is 0.789. The topological polar surface area (TPSA) is 72.9 Å². The Morgan fingerprint density at radius 2 is 1.95 bits per heavy atom. The zero-order valence-corrected chi connectivity index (χ0v) is 11.5. The van der Waals surface area contributed by atoms with E-state index in [0.717, 1.165) is 26.1 Å². The van der Waals surface area contributed by atoms with Crippen LogP contribution in [0.3, 0.4) is 0 Å². The highest BCUT2D eigenvalue weighted by Gasteiger charge is 2.34. The maximum absolute atomic E-state index is 12.1. The van der Waals surface area contributed by atoms with Gasteiger partial charge in [0.05, 0.1) is 0 Å². The molecular weight excluding hydrogens is 246 g/mol. The molecule has 19 heavy (non-hydrogen) atoms. The molecule has 2 amide bonds. The lowest BCUT2D eigenvalue weighted by molar-refractivity contribution is -0.141. The predicted molar refractivity (Wildman–Crippen MR) is 71.0 cm³/mol. The molecule has 2 saturated heterocycles. The van der Waals surface area contributed by atoms with Gasteiger partial charge in [-0.05, 0) is 45.7 Å². The first-order valence-electron chi connectivity index (χ1n) is 7.10. The van der Waals surface area contributed by atoms with E-state index in [1.54, 1.807) is 0 Å². The Bertz CT molecular complexity index is 342. The molecule has 2 N–H and O–H groups in total. The molecule has 6 heteroatoms. The van der Waals surface area contributed by atoms with Crippen LogP contribution in [0.1, 0.15) is 32.6 Å². The fraction of sp³-hybridized carbons (Fsp3) is 0.846. The number of aliphatic carboxylic acids is 1. The molecule has 0 aromatic rings. The summed E-state index contributed by atoms with van der Waals surface area (Å²) < 4.78 is 0. The van der Waals surface area contributed by atoms with Crippen molar-refractivity contribution in [3.8, 4) is 0 Å². The van der Waals surface area contributed by atoms with Gasteiger partial charge in [0.1, 0.15) is 6.04 Å². The molecule has 2 aliphatic heterocycles. The van der Waals surface area contributed by atoms with Gasteiger partial charge < -0.3 is 20.2 Å². The standard InChI is InChI=1S/C13H23N3O3/c1-10(9-15-6-2-3-7-15)14-13(19)16-8-4-5-11(16)12(17)18/h10-11H,2-9H2,1H3,(H,14,19)(H,17,18)/t10?,11-/m0/s1. The van der Waals surface area contributed by atoms with Gasteiger partial charge in [0.25, 0.3) is 0 Å². The maximum Gasteiger partial charge on any atom is 0.326 e. The summed E-state index contributed by atoms with van der Waals surface area (Å²) in [5.41, 5.74) is 0. The van der Waals surface area contributed by atoms with Gasteiger partial charge >= 0.3 is 12.0 Å². The van der Waals surface area contributed by atoms with E-state index in [0.29, 0.717) is 13.0 Å². The summed E-state index contributed by atoms with van der Waals surface area (Å²) in [6, 6.07) is -0.837. The first kappa shape index (κ1) is 14.1. The fourth-order valence-corrected chi connectivity index (χ4v) is 2.96. The lowest BCUT2D eigenvalue weighted by Gasteiger charge is -2.26. The number of carbonyl (C=O) groups is 2. The van der Waals surface area contributed by atoms with E-state index in [-0.39, 0.29) is 12.1 Å². The number of carboxylic acid groups (broad SMARTS) is 1. The highest BCUT2D eigenvalue weighted by Crippen LogP contribution is 2.17. The predicted octanol–water partition coefficient (Wildman–Crippen LogP) is 0.729. The summed E-state index contributed by atoms with van der Waals surface area (Å²) in [6.45, 7) is 5.56. The number of nitrogens with zero attached hydrogens (tertiary/aromatic N) is 2. The first-order chi connectivity index (χ1) is 9.08. The van der Waals surface area contributed by atoms with Crippen LogP contribution in [0.2, 0.25) is 0 Å². The third-order valence-electron chi connectivity index (χ3n) is 3.90. The van der Waals surface area contributed by atoms with E-state index < -0.39 is 12.0 Å². The van der Waals surface area contributed by atoms with E-state index in [1.807, 2.05) is 6.92 Å². The molecule has 108 valence electrons. The fourth-order valence-electron chi connectivity index (χ4n) is 2.96. The minimum Gasteiger partial charge on any atom is -0.480 e.